The van der Waals surface area contributed by atoms with Gasteiger partial charge in [0.1, 0.15) is 0 Å². The molecule has 4 fully saturated rings. The molecule has 7 rings (SSSR count). The molecule has 2 aromatic rings. The van der Waals surface area contributed by atoms with Gasteiger partial charge in [-0.2, -0.15) is 0 Å². The monoisotopic (exact) mass is 394 g/mol. The summed E-state index contributed by atoms with van der Waals surface area (Å²) in [7, 11) is 0. The minimum atomic E-state index is 0.198. The van der Waals surface area contributed by atoms with Crippen LogP contribution in [0.25, 0.3) is 23.3 Å². The lowest BCUT2D eigenvalue weighted by atomic mass is 9.48. The predicted octanol–water partition coefficient (Wildman–Crippen LogP) is 6.37. The molecule has 0 N–H and O–H groups in total. The number of benzene rings is 2. The molecule has 0 radical (unpaired) electrons. The van der Waals surface area contributed by atoms with Crippen molar-refractivity contribution in [2.24, 2.45) is 23.2 Å². The molecule has 2 aromatic carbocycles. The molecule has 0 heteroatoms. The first kappa shape index (κ1) is 18.7. The molecule has 4 saturated carbocycles. The maximum absolute atomic E-state index is 2.48. The van der Waals surface area contributed by atoms with E-state index in [1.165, 1.54) is 65.7 Å². The van der Waals surface area contributed by atoms with E-state index in [4.69, 9.17) is 0 Å². The zero-order chi connectivity index (χ0) is 20.5. The quantitative estimate of drug-likeness (QED) is 0.555. The maximum atomic E-state index is 2.48. The van der Waals surface area contributed by atoms with Gasteiger partial charge in [0.15, 0.2) is 0 Å². The van der Waals surface area contributed by atoms with Gasteiger partial charge in [0.2, 0.25) is 0 Å². The van der Waals surface area contributed by atoms with E-state index in [2.05, 4.69) is 81.5 Å². The van der Waals surface area contributed by atoms with Gasteiger partial charge < -0.3 is 0 Å². The van der Waals surface area contributed by atoms with Gasteiger partial charge in [0, 0.05) is 0 Å². The van der Waals surface area contributed by atoms with E-state index in [-0.39, 0.29) is 5.41 Å². The van der Waals surface area contributed by atoms with Crippen molar-refractivity contribution in [3.8, 4) is 11.1 Å². The first-order valence-corrected chi connectivity index (χ1v) is 12.0. The van der Waals surface area contributed by atoms with Gasteiger partial charge in [0.25, 0.3) is 0 Å². The van der Waals surface area contributed by atoms with Crippen LogP contribution in [0.2, 0.25) is 0 Å². The van der Waals surface area contributed by atoms with Gasteiger partial charge in [-0.25, -0.2) is 0 Å². The van der Waals surface area contributed by atoms with E-state index < -0.39 is 0 Å². The highest BCUT2D eigenvalue weighted by Crippen LogP contribution is 2.60. The number of hydrogen-bond donors (Lipinski definition) is 0. The summed E-state index contributed by atoms with van der Waals surface area (Å²) in [4.78, 5) is 0. The lowest BCUT2D eigenvalue weighted by Gasteiger charge is -2.57. The Hall–Kier alpha value is -2.08. The van der Waals surface area contributed by atoms with Crippen LogP contribution in [0.3, 0.4) is 0 Å². The van der Waals surface area contributed by atoms with Crippen molar-refractivity contribution in [3.05, 3.63) is 70.1 Å². The zero-order valence-electron chi connectivity index (χ0n) is 18.7. The van der Waals surface area contributed by atoms with Crippen LogP contribution in [0.5, 0.6) is 0 Å². The first-order valence-electron chi connectivity index (χ1n) is 12.0. The van der Waals surface area contributed by atoms with Gasteiger partial charge in [-0.15, -0.1) is 0 Å². The molecule has 0 aliphatic heterocycles. The van der Waals surface area contributed by atoms with Gasteiger partial charge in [-0.05, 0) is 112 Å². The van der Waals surface area contributed by atoms with Crippen LogP contribution >= 0.6 is 0 Å². The summed E-state index contributed by atoms with van der Waals surface area (Å²) >= 11 is 0. The van der Waals surface area contributed by atoms with Crippen LogP contribution in [0.4, 0.5) is 0 Å². The molecule has 0 nitrogen and oxygen atoms in total. The minimum Gasteiger partial charge on any atom is -0.0718 e. The van der Waals surface area contributed by atoms with Crippen molar-refractivity contribution < 1.29 is 0 Å². The van der Waals surface area contributed by atoms with Crippen molar-refractivity contribution >= 4 is 12.2 Å². The van der Waals surface area contributed by atoms with Crippen LogP contribution in [-0.4, -0.2) is 0 Å². The normalized spacial score (nSPS) is 32.8. The number of allylic oxidation sites excluding steroid dienone is 2. The van der Waals surface area contributed by atoms with E-state index in [0.717, 1.165) is 17.8 Å². The van der Waals surface area contributed by atoms with Crippen molar-refractivity contribution in [1.82, 2.24) is 0 Å². The molecule has 30 heavy (non-hydrogen) atoms. The number of hydrogen-bond acceptors (Lipinski definition) is 0. The van der Waals surface area contributed by atoms with Gasteiger partial charge in [0.05, 0.1) is 0 Å². The van der Waals surface area contributed by atoms with Crippen molar-refractivity contribution in [3.63, 3.8) is 0 Å². The lowest BCUT2D eigenvalue weighted by Crippen LogP contribution is -2.48. The second kappa shape index (κ2) is 6.46. The summed E-state index contributed by atoms with van der Waals surface area (Å²) < 4.78 is 0. The van der Waals surface area contributed by atoms with Crippen LogP contribution in [-0.2, 0) is 5.41 Å². The average Bonchev–Trinajstić information content (AvgIpc) is 3.07. The van der Waals surface area contributed by atoms with Crippen LogP contribution in [0.15, 0.2) is 54.1 Å². The smallest absolute Gasteiger partial charge is 0.00391 e. The molecular weight excluding hydrogens is 360 g/mol. The Kier molecular flexibility index (Phi) is 4.02. The molecule has 5 aliphatic rings. The molecule has 0 heterocycles. The van der Waals surface area contributed by atoms with E-state index in [0.29, 0.717) is 5.41 Å². The summed E-state index contributed by atoms with van der Waals surface area (Å²) in [5.41, 5.74) is 6.40. The molecule has 0 unspecified atom stereocenters. The lowest BCUT2D eigenvalue weighted by molar-refractivity contribution is -0.00518. The fourth-order valence-corrected chi connectivity index (χ4v) is 7.56. The topological polar surface area (TPSA) is 0 Å². The van der Waals surface area contributed by atoms with Crippen molar-refractivity contribution in [2.45, 2.75) is 64.7 Å². The van der Waals surface area contributed by atoms with Gasteiger partial charge in [-0.3, -0.25) is 0 Å². The molecule has 0 spiro atoms. The summed E-state index contributed by atoms with van der Waals surface area (Å²) in [6, 6.07) is 16.5. The average molecular weight is 395 g/mol. The summed E-state index contributed by atoms with van der Waals surface area (Å²) in [6.07, 6.45) is 16.0. The molecule has 154 valence electrons. The van der Waals surface area contributed by atoms with Crippen LogP contribution in [0.1, 0.15) is 64.9 Å². The maximum Gasteiger partial charge on any atom is -0.00391 e. The summed E-state index contributed by atoms with van der Waals surface area (Å²) in [5.74, 6) is 3.02. The molecular formula is C30H34. The third kappa shape index (κ3) is 3.11. The largest absolute Gasteiger partial charge is 0.0718 e. The Labute approximate surface area is 181 Å². The summed E-state index contributed by atoms with van der Waals surface area (Å²) in [6.45, 7) is 6.82. The fourth-order valence-electron chi connectivity index (χ4n) is 7.56. The molecule has 4 bridgehead atoms. The molecule has 0 aromatic heterocycles. The van der Waals surface area contributed by atoms with E-state index in [1.807, 2.05) is 0 Å². The minimum absolute atomic E-state index is 0.198. The van der Waals surface area contributed by atoms with Crippen LogP contribution < -0.4 is 10.4 Å². The van der Waals surface area contributed by atoms with E-state index >= 15 is 0 Å². The Balaban J connectivity index is 1.36. The third-order valence-corrected chi connectivity index (χ3v) is 8.22. The fraction of sp³-hybridized carbons (Fsp3) is 0.467. The third-order valence-electron chi connectivity index (χ3n) is 8.22. The number of rotatable bonds is 2. The number of fused-ring (bicyclic) bond motifs is 1. The van der Waals surface area contributed by atoms with Gasteiger partial charge >= 0.3 is 0 Å². The van der Waals surface area contributed by atoms with Crippen molar-refractivity contribution in [1.29, 1.82) is 0 Å². The molecule has 0 amide bonds. The second-order valence-corrected chi connectivity index (χ2v) is 11.9. The highest BCUT2D eigenvalue weighted by Gasteiger charge is 2.51. The highest BCUT2D eigenvalue weighted by atomic mass is 14.6. The molecule has 5 aliphatic carbocycles. The second-order valence-electron chi connectivity index (χ2n) is 11.9. The van der Waals surface area contributed by atoms with E-state index in [1.54, 1.807) is 5.56 Å². The Morgan fingerprint density at radius 2 is 1.43 bits per heavy atom. The van der Waals surface area contributed by atoms with Crippen molar-refractivity contribution in [2.75, 3.05) is 0 Å². The summed E-state index contributed by atoms with van der Waals surface area (Å²) in [5, 5.41) is 2.74. The highest BCUT2D eigenvalue weighted by molar-refractivity contribution is 5.78. The standard InChI is InChI=1S/C30H34/c1-29(2,3)16-23-14-25-5-4-6-27(28(25)15-23)24-7-9-26(10-8-24)30-17-20-11-21(18-30)13-22(12-20)19-30/h4-10,14-16,20-22H,11-13,17-19H2,1-3H3. The van der Waals surface area contributed by atoms with Crippen LogP contribution in [0, 0.1) is 23.2 Å². The molecule has 0 saturated heterocycles. The SMILES string of the molecule is CC(C)(C)C=C1C=c2cccc(-c3ccc(C45CC6CC(CC(C6)C4)C5)cc3)c2=C1. The Morgan fingerprint density at radius 3 is 2.03 bits per heavy atom. The Bertz CT molecular complexity index is 1100. The molecule has 0 atom stereocenters. The zero-order valence-corrected chi connectivity index (χ0v) is 18.7. The van der Waals surface area contributed by atoms with Gasteiger partial charge in [-0.1, -0.05) is 69.3 Å². The van der Waals surface area contributed by atoms with E-state index in [9.17, 15) is 0 Å². The first-order chi connectivity index (χ1) is 14.4. The predicted molar refractivity (Wildman–Crippen MR) is 127 cm³/mol. The Morgan fingerprint density at radius 1 is 0.800 bits per heavy atom.